The minimum absolute atomic E-state index is 0.321. The highest BCUT2D eigenvalue weighted by Gasteiger charge is 2.36. The van der Waals surface area contributed by atoms with Gasteiger partial charge in [-0.3, -0.25) is 9.59 Å². The molecule has 1 aliphatic rings. The van der Waals surface area contributed by atoms with Crippen LogP contribution < -0.4 is 10.6 Å². The molecule has 2 aromatic carbocycles. The summed E-state index contributed by atoms with van der Waals surface area (Å²) in [6, 6.07) is 9.65. The molecule has 0 aromatic heterocycles. The van der Waals surface area contributed by atoms with Crippen molar-refractivity contribution in [2.45, 2.75) is 0 Å². The molecule has 1 heterocycles. The predicted molar refractivity (Wildman–Crippen MR) is 81.1 cm³/mol. The number of hydrogen-bond donors (Lipinski definition) is 1. The molecule has 0 saturated heterocycles. The molecule has 6 heteroatoms. The first kappa shape index (κ1) is 13.1. The number of carbonyl (C=O) groups excluding carboxylic acids is 2. The normalized spacial score (nSPS) is 13.8. The second-order valence-corrected chi connectivity index (χ2v) is 5.66. The second kappa shape index (κ2) is 4.61. The van der Waals surface area contributed by atoms with Crippen LogP contribution in [-0.2, 0) is 0 Å². The Morgan fingerprint density at radius 1 is 1.00 bits per heavy atom. The van der Waals surface area contributed by atoms with E-state index in [1.807, 2.05) is 0 Å². The third-order valence-electron chi connectivity index (χ3n) is 3.09. The molecule has 3 rings (SSSR count). The lowest BCUT2D eigenvalue weighted by Gasteiger charge is -2.14. The molecule has 0 bridgehead atoms. The van der Waals surface area contributed by atoms with E-state index in [1.165, 1.54) is 6.07 Å². The van der Waals surface area contributed by atoms with Crippen molar-refractivity contribution in [2.24, 2.45) is 0 Å². The average Bonchev–Trinajstić information content (AvgIpc) is 2.65. The molecule has 0 fully saturated rings. The largest absolute Gasteiger partial charge is 0.397 e. The van der Waals surface area contributed by atoms with Gasteiger partial charge in [-0.2, -0.15) is 0 Å². The molecule has 4 nitrogen and oxygen atoms in total. The van der Waals surface area contributed by atoms with Crippen molar-refractivity contribution < 1.29 is 9.59 Å². The van der Waals surface area contributed by atoms with Crippen molar-refractivity contribution in [1.82, 2.24) is 0 Å². The van der Waals surface area contributed by atoms with Crippen molar-refractivity contribution in [3.63, 3.8) is 0 Å². The number of nitrogens with two attached hydrogens (primary N) is 1. The summed E-state index contributed by atoms with van der Waals surface area (Å²) in [7, 11) is 0. The van der Waals surface area contributed by atoms with E-state index in [4.69, 9.17) is 17.3 Å². The molecule has 0 aliphatic carbocycles. The Morgan fingerprint density at radius 2 is 1.70 bits per heavy atom. The Morgan fingerprint density at radius 3 is 2.40 bits per heavy atom. The number of rotatable bonds is 1. The number of benzene rings is 2. The van der Waals surface area contributed by atoms with Gasteiger partial charge in [-0.05, 0) is 36.4 Å². The van der Waals surface area contributed by atoms with Crippen LogP contribution >= 0.6 is 27.5 Å². The van der Waals surface area contributed by atoms with Crippen LogP contribution in [0.15, 0.2) is 40.9 Å². The Kier molecular flexibility index (Phi) is 3.03. The van der Waals surface area contributed by atoms with E-state index in [-0.39, 0.29) is 11.8 Å². The fourth-order valence-corrected chi connectivity index (χ4v) is 2.60. The number of carbonyl (C=O) groups is 2. The summed E-state index contributed by atoms with van der Waals surface area (Å²) < 4.78 is 0.745. The monoisotopic (exact) mass is 350 g/mol. The fraction of sp³-hybridized carbons (Fsp3) is 0. The summed E-state index contributed by atoms with van der Waals surface area (Å²) in [4.78, 5) is 25.8. The number of amides is 2. The van der Waals surface area contributed by atoms with Gasteiger partial charge in [0, 0.05) is 4.47 Å². The zero-order chi connectivity index (χ0) is 14.4. The first-order valence-electron chi connectivity index (χ1n) is 5.72. The fourth-order valence-electron chi connectivity index (χ4n) is 2.12. The number of anilines is 2. The van der Waals surface area contributed by atoms with Gasteiger partial charge in [-0.15, -0.1) is 0 Å². The SMILES string of the molecule is Nc1cc(N2C(=O)c3ccc(Br)cc3C2=O)ccc1Cl. The average molecular weight is 352 g/mol. The molecule has 100 valence electrons. The van der Waals surface area contributed by atoms with Crippen molar-refractivity contribution in [1.29, 1.82) is 0 Å². The molecule has 1 aliphatic heterocycles. The highest BCUT2D eigenvalue weighted by atomic mass is 79.9. The van der Waals surface area contributed by atoms with Crippen molar-refractivity contribution in [3.05, 3.63) is 57.0 Å². The molecule has 0 radical (unpaired) electrons. The molecule has 0 saturated carbocycles. The third-order valence-corrected chi connectivity index (χ3v) is 3.92. The Balaban J connectivity index is 2.11. The maximum atomic E-state index is 12.4. The molecule has 0 atom stereocenters. The van der Waals surface area contributed by atoms with Crippen LogP contribution in [0, 0.1) is 0 Å². The summed E-state index contributed by atoms with van der Waals surface area (Å²) >= 11 is 9.14. The van der Waals surface area contributed by atoms with Gasteiger partial charge in [0.2, 0.25) is 0 Å². The minimum atomic E-state index is -0.368. The first-order valence-corrected chi connectivity index (χ1v) is 6.89. The van der Waals surface area contributed by atoms with Crippen LogP contribution in [0.5, 0.6) is 0 Å². The number of hydrogen-bond acceptors (Lipinski definition) is 3. The number of nitrogen functional groups attached to an aromatic ring is 1. The van der Waals surface area contributed by atoms with Crippen LogP contribution in [0.25, 0.3) is 0 Å². The van der Waals surface area contributed by atoms with E-state index < -0.39 is 0 Å². The van der Waals surface area contributed by atoms with Gasteiger partial charge in [0.1, 0.15) is 0 Å². The maximum absolute atomic E-state index is 12.4. The smallest absolute Gasteiger partial charge is 0.266 e. The Hall–Kier alpha value is -1.85. The lowest BCUT2D eigenvalue weighted by Crippen LogP contribution is -2.29. The number of nitrogens with zero attached hydrogens (tertiary/aromatic N) is 1. The Bertz CT molecular complexity index is 761. The number of fused-ring (bicyclic) bond motifs is 1. The van der Waals surface area contributed by atoms with Crippen molar-refractivity contribution in [3.8, 4) is 0 Å². The molecule has 20 heavy (non-hydrogen) atoms. The lowest BCUT2D eigenvalue weighted by atomic mass is 10.1. The van der Waals surface area contributed by atoms with E-state index in [9.17, 15) is 9.59 Å². The quantitative estimate of drug-likeness (QED) is 0.632. The van der Waals surface area contributed by atoms with Gasteiger partial charge >= 0.3 is 0 Å². The summed E-state index contributed by atoms with van der Waals surface area (Å²) in [5, 5.41) is 0.383. The summed E-state index contributed by atoms with van der Waals surface area (Å²) in [5.41, 5.74) is 7.21. The molecular weight excluding hydrogens is 344 g/mol. The molecular formula is C14H8BrClN2O2. The van der Waals surface area contributed by atoms with Gasteiger partial charge in [0.25, 0.3) is 11.8 Å². The molecule has 2 N–H and O–H groups in total. The van der Waals surface area contributed by atoms with E-state index in [1.54, 1.807) is 30.3 Å². The van der Waals surface area contributed by atoms with Gasteiger partial charge in [0.05, 0.1) is 27.5 Å². The van der Waals surface area contributed by atoms with Gasteiger partial charge < -0.3 is 5.73 Å². The summed E-state index contributed by atoms with van der Waals surface area (Å²) in [6.45, 7) is 0. The molecule has 2 aromatic rings. The van der Waals surface area contributed by atoms with Gasteiger partial charge in [0.15, 0.2) is 0 Å². The van der Waals surface area contributed by atoms with Crippen LogP contribution in [0.1, 0.15) is 20.7 Å². The van der Waals surface area contributed by atoms with E-state index in [0.717, 1.165) is 9.37 Å². The zero-order valence-corrected chi connectivity index (χ0v) is 12.4. The summed E-state index contributed by atoms with van der Waals surface area (Å²) in [5.74, 6) is -0.729. The number of halogens is 2. The molecule has 2 amide bonds. The van der Waals surface area contributed by atoms with E-state index in [2.05, 4.69) is 15.9 Å². The second-order valence-electron chi connectivity index (χ2n) is 4.34. The van der Waals surface area contributed by atoms with Gasteiger partial charge in [-0.25, -0.2) is 4.90 Å². The van der Waals surface area contributed by atoms with E-state index in [0.29, 0.717) is 27.5 Å². The zero-order valence-electron chi connectivity index (χ0n) is 10.1. The molecule has 0 unspecified atom stereocenters. The lowest BCUT2D eigenvalue weighted by molar-refractivity contribution is 0.0926. The summed E-state index contributed by atoms with van der Waals surface area (Å²) in [6.07, 6.45) is 0. The van der Waals surface area contributed by atoms with Crippen LogP contribution in [-0.4, -0.2) is 11.8 Å². The van der Waals surface area contributed by atoms with Crippen LogP contribution in [0.2, 0.25) is 5.02 Å². The number of imide groups is 1. The Labute approximate surface area is 128 Å². The highest BCUT2D eigenvalue weighted by molar-refractivity contribution is 9.10. The van der Waals surface area contributed by atoms with Crippen LogP contribution in [0.4, 0.5) is 11.4 Å². The highest BCUT2D eigenvalue weighted by Crippen LogP contribution is 2.32. The van der Waals surface area contributed by atoms with Crippen molar-refractivity contribution in [2.75, 3.05) is 10.6 Å². The topological polar surface area (TPSA) is 63.4 Å². The van der Waals surface area contributed by atoms with Crippen LogP contribution in [0.3, 0.4) is 0 Å². The maximum Gasteiger partial charge on any atom is 0.266 e. The minimum Gasteiger partial charge on any atom is -0.397 e. The standard InChI is InChI=1S/C14H8BrClN2O2/c15-7-1-3-9-10(5-7)14(20)18(13(9)19)8-2-4-11(16)12(17)6-8/h1-6H,17H2. The van der Waals surface area contributed by atoms with E-state index >= 15 is 0 Å². The molecule has 0 spiro atoms. The van der Waals surface area contributed by atoms with Crippen molar-refractivity contribution >= 4 is 50.7 Å². The third kappa shape index (κ3) is 1.90. The van der Waals surface area contributed by atoms with Gasteiger partial charge in [-0.1, -0.05) is 27.5 Å². The first-order chi connectivity index (χ1) is 9.49. The predicted octanol–water partition coefficient (Wildman–Crippen LogP) is 3.49.